The minimum Gasteiger partial charge on any atom is -0.480 e. The Balaban J connectivity index is 2.65. The Labute approximate surface area is 127 Å². The molecule has 114 valence electrons. The van der Waals surface area contributed by atoms with Gasteiger partial charge in [0, 0.05) is 43.6 Å². The van der Waals surface area contributed by atoms with Crippen LogP contribution in [0.5, 0.6) is 0 Å². The van der Waals surface area contributed by atoms with Crippen molar-refractivity contribution in [2.75, 3.05) is 12.3 Å². The van der Waals surface area contributed by atoms with E-state index in [0.29, 0.717) is 17.9 Å². The van der Waals surface area contributed by atoms with Gasteiger partial charge in [0.1, 0.15) is 4.75 Å². The monoisotopic (exact) mass is 310 g/mol. The van der Waals surface area contributed by atoms with E-state index >= 15 is 0 Å². The predicted molar refractivity (Wildman–Crippen MR) is 80.4 cm³/mol. The molecule has 7 heteroatoms. The second-order valence-corrected chi connectivity index (χ2v) is 6.31. The minimum absolute atomic E-state index is 0.126. The first-order valence-corrected chi connectivity index (χ1v) is 7.39. The van der Waals surface area contributed by atoms with E-state index in [1.165, 1.54) is 20.0 Å². The number of pyridine rings is 1. The van der Waals surface area contributed by atoms with Crippen LogP contribution in [0.2, 0.25) is 0 Å². The van der Waals surface area contributed by atoms with Gasteiger partial charge >= 0.3 is 5.97 Å². The number of carbonyl (C=O) groups excluding carboxylic acids is 2. The van der Waals surface area contributed by atoms with Crippen molar-refractivity contribution in [3.05, 3.63) is 30.1 Å². The van der Waals surface area contributed by atoms with Crippen LogP contribution in [0, 0.1) is 0 Å². The lowest BCUT2D eigenvalue weighted by Crippen LogP contribution is -2.36. The fourth-order valence-corrected chi connectivity index (χ4v) is 2.64. The molecule has 0 aliphatic heterocycles. The van der Waals surface area contributed by atoms with Crippen molar-refractivity contribution in [3.63, 3.8) is 0 Å². The van der Waals surface area contributed by atoms with Crippen molar-refractivity contribution < 1.29 is 19.5 Å². The van der Waals surface area contributed by atoms with Crippen LogP contribution in [-0.4, -0.2) is 44.8 Å². The molecule has 0 aromatic carbocycles. The summed E-state index contributed by atoms with van der Waals surface area (Å²) in [6, 6.07) is 3.24. The van der Waals surface area contributed by atoms with Gasteiger partial charge < -0.3 is 10.4 Å². The average Bonchev–Trinajstić information content (AvgIpc) is 2.44. The molecule has 1 heterocycles. The van der Waals surface area contributed by atoms with Crippen molar-refractivity contribution >= 4 is 29.4 Å². The molecular weight excluding hydrogens is 292 g/mol. The van der Waals surface area contributed by atoms with Crippen LogP contribution in [-0.2, 0) is 9.59 Å². The lowest BCUT2D eigenvalue weighted by Gasteiger charge is -2.23. The molecule has 1 aromatic rings. The molecule has 0 saturated carbocycles. The van der Waals surface area contributed by atoms with E-state index in [1.54, 1.807) is 18.3 Å². The van der Waals surface area contributed by atoms with Gasteiger partial charge in [-0.3, -0.25) is 19.4 Å². The van der Waals surface area contributed by atoms with Gasteiger partial charge in [-0.25, -0.2) is 0 Å². The highest BCUT2D eigenvalue weighted by molar-refractivity contribution is 8.01. The highest BCUT2D eigenvalue weighted by Crippen LogP contribution is 2.30. The lowest BCUT2D eigenvalue weighted by atomic mass is 10.00. The molecule has 6 nitrogen and oxygen atoms in total. The maximum Gasteiger partial charge on any atom is 0.319 e. The van der Waals surface area contributed by atoms with Crippen LogP contribution < -0.4 is 5.32 Å². The van der Waals surface area contributed by atoms with E-state index in [2.05, 4.69) is 10.3 Å². The van der Waals surface area contributed by atoms with E-state index in [9.17, 15) is 19.5 Å². The second-order valence-electron chi connectivity index (χ2n) is 4.71. The number of nitrogens with zero attached hydrogens (tertiary/aromatic N) is 1. The molecule has 1 aromatic heterocycles. The van der Waals surface area contributed by atoms with Gasteiger partial charge in [0.2, 0.25) is 5.91 Å². The molecule has 1 rings (SSSR count). The molecule has 1 unspecified atom stereocenters. The number of rotatable bonds is 8. The molecule has 2 N–H and O–H groups in total. The number of carboxylic acid groups (broad SMARTS) is 1. The number of thioether (sulfide) groups is 1. The Morgan fingerprint density at radius 3 is 2.67 bits per heavy atom. The third-order valence-corrected chi connectivity index (χ3v) is 4.19. The van der Waals surface area contributed by atoms with Crippen LogP contribution in [0.3, 0.4) is 0 Å². The van der Waals surface area contributed by atoms with Gasteiger partial charge in [-0.05, 0) is 19.1 Å². The molecule has 1 amide bonds. The summed E-state index contributed by atoms with van der Waals surface area (Å²) in [5, 5.41) is 12.0. The van der Waals surface area contributed by atoms with Gasteiger partial charge in [-0.15, -0.1) is 11.8 Å². The minimum atomic E-state index is -1.23. The number of hydrogen-bond donors (Lipinski definition) is 2. The zero-order chi connectivity index (χ0) is 15.9. The first kappa shape index (κ1) is 17.2. The molecule has 0 saturated heterocycles. The number of aromatic nitrogens is 1. The Hall–Kier alpha value is -1.89. The van der Waals surface area contributed by atoms with Crippen LogP contribution >= 0.6 is 11.8 Å². The number of ketones is 1. The van der Waals surface area contributed by atoms with Crippen LogP contribution in [0.25, 0.3) is 0 Å². The predicted octanol–water partition coefficient (Wildman–Crippen LogP) is 1.37. The molecule has 0 radical (unpaired) electrons. The summed E-state index contributed by atoms with van der Waals surface area (Å²) in [5.74, 6) is -1.06. The maximum atomic E-state index is 12.1. The summed E-state index contributed by atoms with van der Waals surface area (Å²) in [6.45, 7) is 3.28. The Bertz CT molecular complexity index is 521. The summed E-state index contributed by atoms with van der Waals surface area (Å²) in [4.78, 5) is 38.2. The summed E-state index contributed by atoms with van der Waals surface area (Å²) in [5.41, 5.74) is 0.396. The standard InChI is InChI=1S/C14H18N2O4S/c1-10(17)16-6-7-21-14(2,13(19)20)8-12(18)11-4-3-5-15-9-11/h3-5,9H,6-8H2,1-2H3,(H,16,17)(H,19,20). The molecule has 21 heavy (non-hydrogen) atoms. The number of hydrogen-bond acceptors (Lipinski definition) is 5. The highest BCUT2D eigenvalue weighted by atomic mass is 32.2. The number of amides is 1. The number of Topliss-reactive ketones (excluding diaryl/α,β-unsaturated/α-hetero) is 1. The Morgan fingerprint density at radius 2 is 2.14 bits per heavy atom. The van der Waals surface area contributed by atoms with Gasteiger partial charge in [0.15, 0.2) is 5.78 Å². The largest absolute Gasteiger partial charge is 0.480 e. The van der Waals surface area contributed by atoms with Crippen molar-refractivity contribution in [2.24, 2.45) is 0 Å². The maximum absolute atomic E-state index is 12.1. The zero-order valence-electron chi connectivity index (χ0n) is 12.0. The molecular formula is C14H18N2O4S. The van der Waals surface area contributed by atoms with Crippen molar-refractivity contribution in [3.8, 4) is 0 Å². The summed E-state index contributed by atoms with van der Waals surface area (Å²) in [6.07, 6.45) is 2.85. The number of carboxylic acids is 1. The summed E-state index contributed by atoms with van der Waals surface area (Å²) in [7, 11) is 0. The molecule has 0 spiro atoms. The zero-order valence-corrected chi connectivity index (χ0v) is 12.8. The van der Waals surface area contributed by atoms with Crippen LogP contribution in [0.4, 0.5) is 0 Å². The quantitative estimate of drug-likeness (QED) is 0.556. The van der Waals surface area contributed by atoms with E-state index < -0.39 is 10.7 Å². The Morgan fingerprint density at radius 1 is 1.43 bits per heavy atom. The smallest absolute Gasteiger partial charge is 0.319 e. The SMILES string of the molecule is CC(=O)NCCSC(C)(CC(=O)c1cccnc1)C(=O)O. The molecule has 0 aliphatic carbocycles. The summed E-state index contributed by atoms with van der Waals surface area (Å²) < 4.78 is -1.23. The van der Waals surface area contributed by atoms with Crippen molar-refractivity contribution in [1.29, 1.82) is 0 Å². The van der Waals surface area contributed by atoms with Gasteiger partial charge in [0.25, 0.3) is 0 Å². The van der Waals surface area contributed by atoms with E-state index in [1.807, 2.05) is 0 Å². The van der Waals surface area contributed by atoms with Crippen LogP contribution in [0.15, 0.2) is 24.5 Å². The van der Waals surface area contributed by atoms with Crippen molar-refractivity contribution in [2.45, 2.75) is 25.0 Å². The topological polar surface area (TPSA) is 96.4 Å². The second kappa shape index (κ2) is 7.78. The van der Waals surface area contributed by atoms with Gasteiger partial charge in [0.05, 0.1) is 0 Å². The summed E-state index contributed by atoms with van der Waals surface area (Å²) >= 11 is 1.14. The molecule has 0 bridgehead atoms. The van der Waals surface area contributed by atoms with E-state index in [0.717, 1.165) is 11.8 Å². The van der Waals surface area contributed by atoms with E-state index in [4.69, 9.17) is 0 Å². The molecule has 1 atom stereocenters. The molecule has 0 fully saturated rings. The first-order chi connectivity index (χ1) is 9.85. The van der Waals surface area contributed by atoms with Gasteiger partial charge in [-0.1, -0.05) is 0 Å². The first-order valence-electron chi connectivity index (χ1n) is 6.40. The number of nitrogens with one attached hydrogen (secondary N) is 1. The number of carbonyl (C=O) groups is 3. The average molecular weight is 310 g/mol. The fraction of sp³-hybridized carbons (Fsp3) is 0.429. The third-order valence-electron chi connectivity index (χ3n) is 2.83. The van der Waals surface area contributed by atoms with Crippen LogP contribution in [0.1, 0.15) is 30.6 Å². The fourth-order valence-electron chi connectivity index (χ4n) is 1.63. The Kier molecular flexibility index (Phi) is 6.36. The number of aliphatic carboxylic acids is 1. The van der Waals surface area contributed by atoms with E-state index in [-0.39, 0.29) is 18.1 Å². The molecule has 0 aliphatic rings. The third kappa shape index (κ3) is 5.55. The highest BCUT2D eigenvalue weighted by Gasteiger charge is 2.36. The van der Waals surface area contributed by atoms with Crippen molar-refractivity contribution in [1.82, 2.24) is 10.3 Å². The lowest BCUT2D eigenvalue weighted by molar-refractivity contribution is -0.139. The normalized spacial score (nSPS) is 13.2. The van der Waals surface area contributed by atoms with Gasteiger partial charge in [-0.2, -0.15) is 0 Å².